The largest absolute Gasteiger partial charge is 0.305 e. The van der Waals surface area contributed by atoms with Crippen LogP contribution in [0.5, 0.6) is 0 Å². The van der Waals surface area contributed by atoms with Gasteiger partial charge in [-0.3, -0.25) is 4.40 Å². The van der Waals surface area contributed by atoms with E-state index >= 15 is 0 Å². The number of halogens is 1. The van der Waals surface area contributed by atoms with Crippen LogP contribution in [0, 0.1) is 17.1 Å². The Bertz CT molecular complexity index is 1710. The second-order valence-corrected chi connectivity index (χ2v) is 11.2. The van der Waals surface area contributed by atoms with Crippen LogP contribution in [0.25, 0.3) is 28.0 Å². The molecule has 1 aromatic carbocycles. The Morgan fingerprint density at radius 3 is 2.37 bits per heavy atom. The van der Waals surface area contributed by atoms with E-state index in [9.17, 15) is 9.65 Å². The van der Waals surface area contributed by atoms with Crippen molar-refractivity contribution in [1.82, 2.24) is 29.2 Å². The van der Waals surface area contributed by atoms with Gasteiger partial charge in [-0.15, -0.1) is 0 Å². The summed E-state index contributed by atoms with van der Waals surface area (Å²) in [5.41, 5.74) is 4.93. The normalized spacial score (nSPS) is 14.4. The molecule has 0 unspecified atom stereocenters. The maximum absolute atomic E-state index is 13.5. The maximum atomic E-state index is 13.5. The van der Waals surface area contributed by atoms with Gasteiger partial charge in [0.25, 0.3) is 0 Å². The Kier molecular flexibility index (Phi) is 7.47. The number of hydrogen-bond donors (Lipinski definition) is 0. The van der Waals surface area contributed by atoms with Crippen LogP contribution in [-0.4, -0.2) is 55.9 Å². The summed E-state index contributed by atoms with van der Waals surface area (Å²) < 4.78 is 15.6. The highest BCUT2D eigenvalue weighted by Gasteiger charge is 2.23. The van der Waals surface area contributed by atoms with Gasteiger partial charge in [-0.05, 0) is 75.3 Å². The first-order chi connectivity index (χ1) is 20.0. The number of likely N-dealkylation sites (tertiary alicyclic amines) is 1. The van der Waals surface area contributed by atoms with Crippen LogP contribution in [-0.2, 0) is 6.42 Å². The number of pyridine rings is 1. The highest BCUT2D eigenvalue weighted by Crippen LogP contribution is 2.37. The average Bonchev–Trinajstić information content (AvgIpc) is 3.63. The number of anilines is 2. The Hall–Kier alpha value is -4.20. The molecule has 10 heteroatoms. The Morgan fingerprint density at radius 1 is 1.00 bits per heavy atom. The van der Waals surface area contributed by atoms with Crippen LogP contribution in [0.2, 0.25) is 0 Å². The number of fused-ring (bicyclic) bond motifs is 1. The van der Waals surface area contributed by atoms with Crippen molar-refractivity contribution in [3.05, 3.63) is 77.2 Å². The number of hydrogen-bond acceptors (Lipinski definition) is 8. The first-order valence-electron chi connectivity index (χ1n) is 13.9. The van der Waals surface area contributed by atoms with Crippen LogP contribution in [0.3, 0.4) is 0 Å². The lowest BCUT2D eigenvalue weighted by molar-refractivity contribution is 0.219. The summed E-state index contributed by atoms with van der Waals surface area (Å²) in [5.74, 6) is 1.89. The molecule has 0 spiro atoms. The molecule has 0 atom stereocenters. The van der Waals surface area contributed by atoms with E-state index in [1.165, 1.54) is 23.5 Å². The molecule has 0 radical (unpaired) electrons. The molecule has 5 heterocycles. The van der Waals surface area contributed by atoms with Gasteiger partial charge < -0.3 is 9.80 Å². The van der Waals surface area contributed by atoms with Gasteiger partial charge in [-0.1, -0.05) is 25.2 Å². The number of aryl methyl sites for hydroxylation is 1. The summed E-state index contributed by atoms with van der Waals surface area (Å²) in [7, 11) is 1.94. The van der Waals surface area contributed by atoms with Gasteiger partial charge in [0.15, 0.2) is 5.13 Å². The van der Waals surface area contributed by atoms with Gasteiger partial charge in [-0.25, -0.2) is 24.3 Å². The lowest BCUT2D eigenvalue weighted by atomic mass is 9.96. The molecule has 0 N–H and O–H groups in total. The van der Waals surface area contributed by atoms with Crippen molar-refractivity contribution in [3.8, 4) is 28.5 Å². The summed E-state index contributed by atoms with van der Waals surface area (Å²) in [4.78, 5) is 24.1. The molecule has 1 fully saturated rings. The second kappa shape index (κ2) is 11.4. The van der Waals surface area contributed by atoms with Crippen molar-refractivity contribution in [2.75, 3.05) is 31.6 Å². The summed E-state index contributed by atoms with van der Waals surface area (Å²) in [5, 5.41) is 10.5. The topological polar surface area (TPSA) is 86.2 Å². The third-order valence-electron chi connectivity index (χ3n) is 7.84. The summed E-state index contributed by atoms with van der Waals surface area (Å²) >= 11 is 1.31. The molecule has 6 rings (SSSR count). The molecule has 1 aliphatic rings. The molecule has 0 bridgehead atoms. The summed E-state index contributed by atoms with van der Waals surface area (Å²) in [6.07, 6.45) is 8.82. The fraction of sp³-hybridized carbons (Fsp3) is 0.323. The van der Waals surface area contributed by atoms with E-state index in [-0.39, 0.29) is 5.82 Å². The molecular weight excluding hydrogens is 535 g/mol. The zero-order valence-corrected chi connectivity index (χ0v) is 24.2. The fourth-order valence-electron chi connectivity index (χ4n) is 5.47. The summed E-state index contributed by atoms with van der Waals surface area (Å²) in [6, 6.07) is 12.4. The zero-order valence-electron chi connectivity index (χ0n) is 23.4. The molecular formula is C31H31FN8S. The highest BCUT2D eigenvalue weighted by atomic mass is 32.1. The van der Waals surface area contributed by atoms with Crippen LogP contribution >= 0.6 is 11.3 Å². The fourth-order valence-corrected chi connectivity index (χ4v) is 6.32. The number of benzene rings is 1. The minimum atomic E-state index is -0.328. The summed E-state index contributed by atoms with van der Waals surface area (Å²) in [6.45, 7) is 7.57. The van der Waals surface area contributed by atoms with Crippen molar-refractivity contribution in [1.29, 1.82) is 5.26 Å². The van der Waals surface area contributed by atoms with Crippen molar-refractivity contribution in [3.63, 3.8) is 0 Å². The average molecular weight is 567 g/mol. The minimum absolute atomic E-state index is 0.328. The maximum Gasteiger partial charge on any atom is 0.192 e. The molecule has 41 heavy (non-hydrogen) atoms. The van der Waals surface area contributed by atoms with E-state index in [4.69, 9.17) is 19.9 Å². The molecule has 0 saturated carbocycles. The third kappa shape index (κ3) is 5.19. The Morgan fingerprint density at radius 2 is 1.71 bits per heavy atom. The van der Waals surface area contributed by atoms with Crippen LogP contribution in [0.1, 0.15) is 49.0 Å². The molecule has 0 aliphatic carbocycles. The van der Waals surface area contributed by atoms with Gasteiger partial charge in [0.1, 0.15) is 39.7 Å². The SMILES string of the molecule is CCc1nc2ccc(-c3cnc(C4CCN(CC)CC4)nc3)cn2c1N(C)c1nc(-c2ccc(F)cc2)c(C#N)s1. The number of thiazole rings is 1. The van der Waals surface area contributed by atoms with E-state index < -0.39 is 0 Å². The van der Waals surface area contributed by atoms with E-state index in [1.54, 1.807) is 12.1 Å². The third-order valence-corrected chi connectivity index (χ3v) is 8.88. The van der Waals surface area contributed by atoms with E-state index in [0.29, 0.717) is 27.2 Å². The minimum Gasteiger partial charge on any atom is -0.305 e. The standard InChI is InChI=1S/C31H31FN8S/c1-4-25-30(38(3)31-37-28(26(16-33)41-31)20-6-9-24(32)10-7-20)40-19-22(8-11-27(40)36-25)23-17-34-29(35-18-23)21-12-14-39(5-2)15-13-21/h6-11,17-19,21H,4-5,12-15H2,1-3H3. The van der Waals surface area contributed by atoms with Crippen LogP contribution in [0.15, 0.2) is 55.0 Å². The number of aromatic nitrogens is 5. The van der Waals surface area contributed by atoms with Gasteiger partial charge >= 0.3 is 0 Å². The van der Waals surface area contributed by atoms with E-state index in [1.807, 2.05) is 36.5 Å². The van der Waals surface area contributed by atoms with Gasteiger partial charge in [0, 0.05) is 48.2 Å². The number of nitriles is 1. The molecule has 5 aromatic rings. The lowest BCUT2D eigenvalue weighted by Crippen LogP contribution is -2.33. The molecule has 0 amide bonds. The smallest absolute Gasteiger partial charge is 0.192 e. The van der Waals surface area contributed by atoms with Crippen molar-refractivity contribution in [2.24, 2.45) is 0 Å². The van der Waals surface area contributed by atoms with Gasteiger partial charge in [0.05, 0.1) is 5.69 Å². The van der Waals surface area contributed by atoms with Crippen molar-refractivity contribution in [2.45, 2.75) is 39.0 Å². The first-order valence-corrected chi connectivity index (χ1v) is 14.8. The second-order valence-electron chi connectivity index (χ2n) is 10.3. The molecule has 4 aromatic heterocycles. The predicted octanol–water partition coefficient (Wildman–Crippen LogP) is 6.46. The molecule has 8 nitrogen and oxygen atoms in total. The highest BCUT2D eigenvalue weighted by molar-refractivity contribution is 7.16. The molecule has 1 aliphatic heterocycles. The number of rotatable bonds is 7. The van der Waals surface area contributed by atoms with Crippen LogP contribution in [0.4, 0.5) is 15.3 Å². The Balaban J connectivity index is 1.33. The lowest BCUT2D eigenvalue weighted by Gasteiger charge is -2.30. The zero-order chi connectivity index (χ0) is 28.5. The van der Waals surface area contributed by atoms with Crippen LogP contribution < -0.4 is 4.90 Å². The number of nitrogens with zero attached hydrogens (tertiary/aromatic N) is 8. The van der Waals surface area contributed by atoms with Gasteiger partial charge in [0.2, 0.25) is 0 Å². The quantitative estimate of drug-likeness (QED) is 0.224. The molecule has 208 valence electrons. The van der Waals surface area contributed by atoms with E-state index in [0.717, 1.165) is 73.0 Å². The Labute approximate surface area is 242 Å². The van der Waals surface area contributed by atoms with Crippen molar-refractivity contribution < 1.29 is 4.39 Å². The van der Waals surface area contributed by atoms with E-state index in [2.05, 4.69) is 35.4 Å². The first kappa shape index (κ1) is 27.0. The monoisotopic (exact) mass is 566 g/mol. The predicted molar refractivity (Wildman–Crippen MR) is 160 cm³/mol. The van der Waals surface area contributed by atoms with Gasteiger partial charge in [-0.2, -0.15) is 5.26 Å². The van der Waals surface area contributed by atoms with Crippen molar-refractivity contribution >= 4 is 27.9 Å². The molecule has 1 saturated heterocycles. The number of imidazole rings is 1. The number of piperidine rings is 1.